The Morgan fingerprint density at radius 2 is 2.14 bits per heavy atom. The molecule has 118 valence electrons. The van der Waals surface area contributed by atoms with Gasteiger partial charge in [-0.25, -0.2) is 0 Å². The highest BCUT2D eigenvalue weighted by Gasteiger charge is 2.34. The normalized spacial score (nSPS) is 23.3. The quantitative estimate of drug-likeness (QED) is 0.912. The van der Waals surface area contributed by atoms with Gasteiger partial charge in [-0.15, -0.1) is 0 Å². The molecule has 1 fully saturated rings. The molecule has 22 heavy (non-hydrogen) atoms. The number of likely N-dealkylation sites (tertiary alicyclic amines) is 1. The van der Waals surface area contributed by atoms with E-state index in [9.17, 15) is 9.90 Å². The van der Waals surface area contributed by atoms with Crippen molar-refractivity contribution in [1.82, 2.24) is 9.88 Å². The lowest BCUT2D eigenvalue weighted by molar-refractivity contribution is -0.128. The summed E-state index contributed by atoms with van der Waals surface area (Å²) in [5.74, 6) is 0.520. The number of Topliss-reactive ketones (excluding diaryl/α,β-unsaturated/α-hetero) is 1. The van der Waals surface area contributed by atoms with E-state index in [1.807, 2.05) is 12.1 Å². The van der Waals surface area contributed by atoms with Crippen molar-refractivity contribution in [2.24, 2.45) is 5.92 Å². The number of piperidine rings is 1. The van der Waals surface area contributed by atoms with Crippen molar-refractivity contribution in [2.75, 3.05) is 20.2 Å². The number of aromatic nitrogens is 1. The minimum atomic E-state index is 0.0873. The number of carbonyl (C=O) groups is 1. The number of aliphatic hydroxyl groups is 1. The maximum absolute atomic E-state index is 12.3. The fourth-order valence-corrected chi connectivity index (χ4v) is 3.66. The minimum absolute atomic E-state index is 0.0873. The number of fused-ring (bicyclic) bond motifs is 1. The van der Waals surface area contributed by atoms with Crippen LogP contribution in [0.4, 0.5) is 0 Å². The summed E-state index contributed by atoms with van der Waals surface area (Å²) in [6.45, 7) is 3.02. The summed E-state index contributed by atoms with van der Waals surface area (Å²) in [4.78, 5) is 18.1. The predicted octanol–water partition coefficient (Wildman–Crippen LogP) is 2.67. The van der Waals surface area contributed by atoms with Crippen LogP contribution in [-0.2, 0) is 11.2 Å². The van der Waals surface area contributed by atoms with Gasteiger partial charge in [0.1, 0.15) is 5.78 Å². The van der Waals surface area contributed by atoms with Crippen molar-refractivity contribution >= 4 is 16.7 Å². The molecule has 1 aromatic heterocycles. The molecule has 2 atom stereocenters. The first kappa shape index (κ1) is 15.3. The SMILES string of the molecule is CC[C@H]1CN(C)[C@H](c2[nH]c3ccccc3c2CCO)CC1=O. The summed E-state index contributed by atoms with van der Waals surface area (Å²) in [7, 11) is 2.09. The standard InChI is InChI=1S/C18H24N2O2/c1-3-12-11-20(2)16(10-17(12)22)18-14(8-9-21)13-6-4-5-7-15(13)19-18/h4-7,12,16,19,21H,3,8-11H2,1-2H3/t12-,16-/m0/s1. The molecule has 0 aliphatic carbocycles. The van der Waals surface area contributed by atoms with Gasteiger partial charge in [0.25, 0.3) is 0 Å². The fraction of sp³-hybridized carbons (Fsp3) is 0.500. The maximum Gasteiger partial charge on any atom is 0.139 e. The summed E-state index contributed by atoms with van der Waals surface area (Å²) in [5, 5.41) is 10.6. The molecule has 2 N–H and O–H groups in total. The number of hydrogen-bond acceptors (Lipinski definition) is 3. The highest BCUT2D eigenvalue weighted by molar-refractivity contribution is 5.86. The molecule has 0 bridgehead atoms. The van der Waals surface area contributed by atoms with Gasteiger partial charge in [0.2, 0.25) is 0 Å². The van der Waals surface area contributed by atoms with E-state index < -0.39 is 0 Å². The van der Waals surface area contributed by atoms with E-state index in [2.05, 4.69) is 36.0 Å². The van der Waals surface area contributed by atoms with Gasteiger partial charge >= 0.3 is 0 Å². The van der Waals surface area contributed by atoms with E-state index in [0.717, 1.165) is 35.1 Å². The molecule has 1 saturated heterocycles. The Kier molecular flexibility index (Phi) is 4.32. The molecule has 2 aromatic rings. The van der Waals surface area contributed by atoms with Gasteiger partial charge in [-0.05, 0) is 31.5 Å². The Hall–Kier alpha value is -1.65. The summed E-state index contributed by atoms with van der Waals surface area (Å²) >= 11 is 0. The Balaban J connectivity index is 2.02. The van der Waals surface area contributed by atoms with Gasteiger partial charge in [-0.1, -0.05) is 25.1 Å². The van der Waals surface area contributed by atoms with Crippen LogP contribution in [0.5, 0.6) is 0 Å². The molecule has 2 heterocycles. The smallest absolute Gasteiger partial charge is 0.139 e. The number of nitrogens with one attached hydrogen (secondary N) is 1. The summed E-state index contributed by atoms with van der Waals surface area (Å²) in [6.07, 6.45) is 2.08. The van der Waals surface area contributed by atoms with Gasteiger partial charge in [-0.3, -0.25) is 9.69 Å². The number of ketones is 1. The van der Waals surface area contributed by atoms with Gasteiger partial charge in [0.15, 0.2) is 0 Å². The Bertz CT molecular complexity index is 677. The first-order chi connectivity index (χ1) is 10.7. The van der Waals surface area contributed by atoms with E-state index in [4.69, 9.17) is 0 Å². The molecule has 1 aliphatic rings. The molecule has 0 saturated carbocycles. The molecule has 0 amide bonds. The third kappa shape index (κ3) is 2.57. The van der Waals surface area contributed by atoms with E-state index >= 15 is 0 Å². The van der Waals surface area contributed by atoms with Gasteiger partial charge < -0.3 is 10.1 Å². The number of nitrogens with zero attached hydrogens (tertiary/aromatic N) is 1. The zero-order valence-corrected chi connectivity index (χ0v) is 13.3. The number of para-hydroxylation sites is 1. The topological polar surface area (TPSA) is 56.3 Å². The van der Waals surface area contributed by atoms with Gasteiger partial charge in [-0.2, -0.15) is 0 Å². The summed E-state index contributed by atoms with van der Waals surface area (Å²) in [5.41, 5.74) is 3.33. The molecule has 4 heteroatoms. The third-order valence-corrected chi connectivity index (χ3v) is 4.92. The highest BCUT2D eigenvalue weighted by atomic mass is 16.3. The van der Waals surface area contributed by atoms with Crippen LogP contribution < -0.4 is 0 Å². The van der Waals surface area contributed by atoms with Crippen LogP contribution in [0.2, 0.25) is 0 Å². The molecule has 1 aliphatic heterocycles. The lowest BCUT2D eigenvalue weighted by Gasteiger charge is -2.36. The minimum Gasteiger partial charge on any atom is -0.396 e. The largest absolute Gasteiger partial charge is 0.396 e. The average molecular weight is 300 g/mol. The molecule has 0 spiro atoms. The Labute approximate surface area is 131 Å². The monoisotopic (exact) mass is 300 g/mol. The second-order valence-electron chi connectivity index (χ2n) is 6.27. The van der Waals surface area contributed by atoms with Gasteiger partial charge in [0, 0.05) is 42.1 Å². The van der Waals surface area contributed by atoms with E-state index in [1.54, 1.807) is 0 Å². The molecule has 4 nitrogen and oxygen atoms in total. The number of aromatic amines is 1. The van der Waals surface area contributed by atoms with Crippen LogP contribution in [-0.4, -0.2) is 41.0 Å². The molecular weight excluding hydrogens is 276 g/mol. The third-order valence-electron chi connectivity index (χ3n) is 4.92. The highest BCUT2D eigenvalue weighted by Crippen LogP contribution is 2.35. The predicted molar refractivity (Wildman–Crippen MR) is 87.9 cm³/mol. The van der Waals surface area contributed by atoms with Crippen LogP contribution in [0.3, 0.4) is 0 Å². The Morgan fingerprint density at radius 1 is 1.36 bits per heavy atom. The van der Waals surface area contributed by atoms with E-state index in [0.29, 0.717) is 18.6 Å². The van der Waals surface area contributed by atoms with Crippen LogP contribution in [0, 0.1) is 5.92 Å². The van der Waals surface area contributed by atoms with Crippen molar-refractivity contribution in [3.8, 4) is 0 Å². The van der Waals surface area contributed by atoms with Crippen molar-refractivity contribution in [1.29, 1.82) is 0 Å². The maximum atomic E-state index is 12.3. The Morgan fingerprint density at radius 3 is 2.86 bits per heavy atom. The van der Waals surface area contributed by atoms with Crippen LogP contribution >= 0.6 is 0 Å². The average Bonchev–Trinajstić information content (AvgIpc) is 2.88. The summed E-state index contributed by atoms with van der Waals surface area (Å²) in [6, 6.07) is 8.25. The molecular formula is C18H24N2O2. The zero-order chi connectivity index (χ0) is 15.7. The van der Waals surface area contributed by atoms with Crippen LogP contribution in [0.1, 0.15) is 37.1 Å². The zero-order valence-electron chi connectivity index (χ0n) is 13.3. The second kappa shape index (κ2) is 6.23. The van der Waals surface area contributed by atoms with E-state index in [-0.39, 0.29) is 18.6 Å². The number of benzene rings is 1. The number of aliphatic hydroxyl groups excluding tert-OH is 1. The van der Waals surface area contributed by atoms with Gasteiger partial charge in [0.05, 0.1) is 6.04 Å². The van der Waals surface area contributed by atoms with Crippen LogP contribution in [0.25, 0.3) is 10.9 Å². The fourth-order valence-electron chi connectivity index (χ4n) is 3.66. The van der Waals surface area contributed by atoms with Crippen LogP contribution in [0.15, 0.2) is 24.3 Å². The van der Waals surface area contributed by atoms with Crippen molar-refractivity contribution in [3.05, 3.63) is 35.5 Å². The van der Waals surface area contributed by atoms with Crippen molar-refractivity contribution in [3.63, 3.8) is 0 Å². The molecule has 3 rings (SSSR count). The molecule has 0 radical (unpaired) electrons. The molecule has 1 aromatic carbocycles. The second-order valence-corrected chi connectivity index (χ2v) is 6.27. The number of rotatable bonds is 4. The number of hydrogen-bond donors (Lipinski definition) is 2. The number of carbonyl (C=O) groups excluding carboxylic acids is 1. The first-order valence-electron chi connectivity index (χ1n) is 8.09. The lowest BCUT2D eigenvalue weighted by Crippen LogP contribution is -2.41. The number of H-pyrrole nitrogens is 1. The molecule has 0 unspecified atom stereocenters. The lowest BCUT2D eigenvalue weighted by atomic mass is 9.87. The van der Waals surface area contributed by atoms with Crippen molar-refractivity contribution < 1.29 is 9.90 Å². The van der Waals surface area contributed by atoms with E-state index in [1.165, 1.54) is 0 Å². The summed E-state index contributed by atoms with van der Waals surface area (Å²) < 4.78 is 0. The van der Waals surface area contributed by atoms with Crippen molar-refractivity contribution in [2.45, 2.75) is 32.2 Å². The first-order valence-corrected chi connectivity index (χ1v) is 8.09.